The van der Waals surface area contributed by atoms with Gasteiger partial charge in [0.25, 0.3) is 5.91 Å². The van der Waals surface area contributed by atoms with Gasteiger partial charge < -0.3 is 10.1 Å². The van der Waals surface area contributed by atoms with Gasteiger partial charge in [0.15, 0.2) is 6.61 Å². The molecule has 3 aliphatic rings. The zero-order chi connectivity index (χ0) is 28.1. The number of aryl methyl sites for hydroxylation is 2. The fourth-order valence-corrected chi connectivity index (χ4v) is 7.23. The van der Waals surface area contributed by atoms with Crippen LogP contribution in [0.3, 0.4) is 0 Å². The summed E-state index contributed by atoms with van der Waals surface area (Å²) < 4.78 is 6.22. The molecule has 0 spiro atoms. The van der Waals surface area contributed by atoms with Gasteiger partial charge in [0.05, 0.1) is 23.1 Å². The van der Waals surface area contributed by atoms with Gasteiger partial charge in [-0.2, -0.15) is 0 Å². The topological polar surface area (TPSA) is 92.8 Å². The van der Waals surface area contributed by atoms with E-state index in [2.05, 4.69) is 33.4 Å². The van der Waals surface area contributed by atoms with Crippen molar-refractivity contribution in [2.24, 2.45) is 23.7 Å². The molecule has 8 heteroatoms. The number of benzene rings is 3. The highest BCUT2D eigenvalue weighted by atomic mass is 79.9. The summed E-state index contributed by atoms with van der Waals surface area (Å²) in [5, 5.41) is 2.74. The average molecular weight is 601 g/mol. The Labute approximate surface area is 241 Å². The van der Waals surface area contributed by atoms with Gasteiger partial charge in [-0.3, -0.25) is 19.3 Å². The molecule has 6 rings (SSSR count). The number of ether oxygens (including phenoxy) is 1. The molecule has 1 aliphatic heterocycles. The number of rotatable bonds is 6. The minimum atomic E-state index is -0.705. The van der Waals surface area contributed by atoms with Crippen molar-refractivity contribution >= 4 is 51.0 Å². The summed E-state index contributed by atoms with van der Waals surface area (Å²) in [6.45, 7) is 3.39. The fraction of sp³-hybridized carbons (Fsp3) is 0.312. The van der Waals surface area contributed by atoms with Gasteiger partial charge in [-0.05, 0) is 91.5 Å². The number of halogens is 1. The molecule has 2 bridgehead atoms. The third-order valence-electron chi connectivity index (χ3n) is 8.64. The number of carbonyl (C=O) groups is 4. The number of esters is 1. The Bertz CT molecular complexity index is 1510. The Morgan fingerprint density at radius 2 is 1.62 bits per heavy atom. The second-order valence-corrected chi connectivity index (χ2v) is 11.9. The molecule has 40 heavy (non-hydrogen) atoms. The van der Waals surface area contributed by atoms with Crippen LogP contribution >= 0.6 is 15.9 Å². The highest BCUT2D eigenvalue weighted by molar-refractivity contribution is 9.10. The summed E-state index contributed by atoms with van der Waals surface area (Å²) >= 11 is 3.50. The highest BCUT2D eigenvalue weighted by Crippen LogP contribution is 2.61. The van der Waals surface area contributed by atoms with Crippen molar-refractivity contribution in [2.75, 3.05) is 16.8 Å². The van der Waals surface area contributed by atoms with Crippen molar-refractivity contribution < 1.29 is 23.9 Å². The number of imide groups is 1. The minimum absolute atomic E-state index is 0.142. The average Bonchev–Trinajstić information content (AvgIpc) is 3.62. The van der Waals surface area contributed by atoms with E-state index < -0.39 is 18.5 Å². The molecule has 204 valence electrons. The molecule has 1 N–H and O–H groups in total. The summed E-state index contributed by atoms with van der Waals surface area (Å²) in [5.41, 5.74) is 4.32. The van der Waals surface area contributed by atoms with Gasteiger partial charge in [-0.1, -0.05) is 52.3 Å². The van der Waals surface area contributed by atoms with E-state index >= 15 is 0 Å². The second-order valence-electron chi connectivity index (χ2n) is 11.1. The number of hydrogen-bond donors (Lipinski definition) is 1. The molecule has 0 unspecified atom stereocenters. The van der Waals surface area contributed by atoms with E-state index in [0.29, 0.717) is 11.4 Å². The van der Waals surface area contributed by atoms with E-state index in [9.17, 15) is 19.2 Å². The SMILES string of the molecule is Cc1cc(NC(=O)COC(=O)c2cccc(N3C(=O)[C@@H]4[C@@H]5C[C@@H]([C@@H]4C3=O)[C@H](c3ccccc3)C5)c2)cc(C)c1Br. The van der Waals surface area contributed by atoms with Crippen LogP contribution in [0.5, 0.6) is 0 Å². The van der Waals surface area contributed by atoms with Gasteiger partial charge in [0.2, 0.25) is 11.8 Å². The van der Waals surface area contributed by atoms with Crippen LogP contribution in [0.25, 0.3) is 0 Å². The lowest BCUT2D eigenvalue weighted by Crippen LogP contribution is -2.33. The molecule has 1 heterocycles. The summed E-state index contributed by atoms with van der Waals surface area (Å²) in [6, 6.07) is 20.2. The number of amides is 3. The molecule has 3 aromatic rings. The van der Waals surface area contributed by atoms with Gasteiger partial charge in [-0.15, -0.1) is 0 Å². The van der Waals surface area contributed by atoms with E-state index in [4.69, 9.17) is 4.74 Å². The lowest BCUT2D eigenvalue weighted by Gasteiger charge is -2.28. The number of anilines is 2. The maximum atomic E-state index is 13.6. The Morgan fingerprint density at radius 1 is 0.925 bits per heavy atom. The molecule has 2 aliphatic carbocycles. The van der Waals surface area contributed by atoms with Crippen molar-refractivity contribution in [1.82, 2.24) is 0 Å². The molecule has 3 aromatic carbocycles. The molecule has 2 saturated carbocycles. The lowest BCUT2D eigenvalue weighted by molar-refractivity contribution is -0.123. The molecule has 3 fully saturated rings. The molecule has 0 aromatic heterocycles. The summed E-state index contributed by atoms with van der Waals surface area (Å²) in [5.74, 6) is -1.57. The van der Waals surface area contributed by atoms with Crippen LogP contribution in [0.1, 0.15) is 45.8 Å². The predicted molar refractivity (Wildman–Crippen MR) is 154 cm³/mol. The first-order chi connectivity index (χ1) is 19.2. The standard InChI is InChI=1S/C32H29BrN2O5/c1-17-11-22(12-18(2)29(17)33)34-26(36)16-40-32(39)20-9-6-10-23(13-20)35-30(37)27-21-14-24(19-7-4-3-5-8-19)25(15-21)28(27)31(35)38/h3-13,21,24-25,27-28H,14-16H2,1-2H3,(H,34,36)/t21-,24-,25+,27+,28-/m0/s1. The molecule has 3 amide bonds. The van der Waals surface area contributed by atoms with Crippen LogP contribution in [-0.2, 0) is 19.1 Å². The summed E-state index contributed by atoms with van der Waals surface area (Å²) in [4.78, 5) is 53.6. The van der Waals surface area contributed by atoms with Crippen LogP contribution in [0, 0.1) is 37.5 Å². The third-order valence-corrected chi connectivity index (χ3v) is 9.89. The first kappa shape index (κ1) is 26.4. The van der Waals surface area contributed by atoms with E-state index in [0.717, 1.165) is 28.4 Å². The van der Waals surface area contributed by atoms with E-state index in [-0.39, 0.29) is 47.0 Å². The zero-order valence-electron chi connectivity index (χ0n) is 22.2. The van der Waals surface area contributed by atoms with Gasteiger partial charge >= 0.3 is 5.97 Å². The minimum Gasteiger partial charge on any atom is -0.452 e. The third kappa shape index (κ3) is 4.54. The summed E-state index contributed by atoms with van der Waals surface area (Å²) in [7, 11) is 0. The smallest absolute Gasteiger partial charge is 0.338 e. The maximum absolute atomic E-state index is 13.6. The van der Waals surface area contributed by atoms with E-state index in [1.807, 2.05) is 44.2 Å². The summed E-state index contributed by atoms with van der Waals surface area (Å²) in [6.07, 6.45) is 1.81. The number of nitrogens with zero attached hydrogens (tertiary/aromatic N) is 1. The second kappa shape index (κ2) is 10.3. The van der Waals surface area contributed by atoms with Crippen LogP contribution in [0.2, 0.25) is 0 Å². The molecule has 1 saturated heterocycles. The molecular weight excluding hydrogens is 572 g/mol. The Morgan fingerprint density at radius 3 is 2.35 bits per heavy atom. The highest BCUT2D eigenvalue weighted by Gasteiger charge is 2.64. The van der Waals surface area contributed by atoms with Crippen molar-refractivity contribution in [2.45, 2.75) is 32.6 Å². The van der Waals surface area contributed by atoms with Crippen LogP contribution in [-0.4, -0.2) is 30.3 Å². The quantitative estimate of drug-likeness (QED) is 0.285. The number of carbonyl (C=O) groups excluding carboxylic acids is 4. The number of nitrogens with one attached hydrogen (secondary N) is 1. The van der Waals surface area contributed by atoms with Gasteiger partial charge in [0.1, 0.15) is 0 Å². The molecule has 5 atom stereocenters. The lowest BCUT2D eigenvalue weighted by atomic mass is 9.73. The largest absolute Gasteiger partial charge is 0.452 e. The van der Waals surface area contributed by atoms with E-state index in [1.54, 1.807) is 18.2 Å². The first-order valence-electron chi connectivity index (χ1n) is 13.5. The molecular formula is C32H29BrN2O5. The normalized spacial score (nSPS) is 24.8. The van der Waals surface area contributed by atoms with Gasteiger partial charge in [-0.25, -0.2) is 4.79 Å². The number of fused-ring (bicyclic) bond motifs is 5. The van der Waals surface area contributed by atoms with Crippen molar-refractivity contribution in [3.05, 3.63) is 93.5 Å². The van der Waals surface area contributed by atoms with Crippen molar-refractivity contribution in [3.8, 4) is 0 Å². The molecule has 0 radical (unpaired) electrons. The monoisotopic (exact) mass is 600 g/mol. The first-order valence-corrected chi connectivity index (χ1v) is 14.3. The van der Waals surface area contributed by atoms with Crippen LogP contribution in [0.4, 0.5) is 11.4 Å². The molecule has 7 nitrogen and oxygen atoms in total. The van der Waals surface area contributed by atoms with Crippen molar-refractivity contribution in [1.29, 1.82) is 0 Å². The van der Waals surface area contributed by atoms with E-state index in [1.165, 1.54) is 16.5 Å². The predicted octanol–water partition coefficient (Wildman–Crippen LogP) is 5.79. The van der Waals surface area contributed by atoms with Crippen LogP contribution in [0.15, 0.2) is 71.2 Å². The number of hydrogen-bond acceptors (Lipinski definition) is 5. The Balaban J connectivity index is 1.13. The zero-order valence-corrected chi connectivity index (χ0v) is 23.8. The Kier molecular flexibility index (Phi) is 6.82. The van der Waals surface area contributed by atoms with Gasteiger partial charge in [0, 0.05) is 10.2 Å². The van der Waals surface area contributed by atoms with Crippen LogP contribution < -0.4 is 10.2 Å². The maximum Gasteiger partial charge on any atom is 0.338 e. The van der Waals surface area contributed by atoms with Crippen molar-refractivity contribution in [3.63, 3.8) is 0 Å². The fourth-order valence-electron chi connectivity index (χ4n) is 7.00. The Hall–Kier alpha value is -3.78.